The van der Waals surface area contributed by atoms with Crippen molar-refractivity contribution in [2.45, 2.75) is 135 Å². The lowest BCUT2D eigenvalue weighted by atomic mass is 9.76. The zero-order valence-electron chi connectivity index (χ0n) is 23.0. The van der Waals surface area contributed by atoms with Crippen LogP contribution in [0.3, 0.4) is 0 Å². The quantitative estimate of drug-likeness (QED) is 0.443. The van der Waals surface area contributed by atoms with Crippen LogP contribution in [0.15, 0.2) is 0 Å². The number of aliphatic hydroxyl groups is 1. The van der Waals surface area contributed by atoms with Gasteiger partial charge in [-0.25, -0.2) is 0 Å². The lowest BCUT2D eigenvalue weighted by molar-refractivity contribution is -0.366. The Bertz CT molecular complexity index is 619. The molecule has 0 aromatic rings. The molecule has 6 atom stereocenters. The van der Waals surface area contributed by atoms with E-state index in [4.69, 9.17) is 18.3 Å². The summed E-state index contributed by atoms with van der Waals surface area (Å²) >= 11 is 0. The van der Waals surface area contributed by atoms with E-state index in [1.54, 1.807) is 0 Å². The second-order valence-electron chi connectivity index (χ2n) is 13.3. The molecule has 2 fully saturated rings. The fourth-order valence-electron chi connectivity index (χ4n) is 4.54. The van der Waals surface area contributed by atoms with Gasteiger partial charge in [0.1, 0.15) is 0 Å². The summed E-state index contributed by atoms with van der Waals surface area (Å²) < 4.78 is 27.1. The smallest absolute Gasteiger partial charge is 0.192 e. The van der Waals surface area contributed by atoms with Crippen molar-refractivity contribution >= 4 is 16.6 Å². The van der Waals surface area contributed by atoms with Gasteiger partial charge in [-0.1, -0.05) is 55.4 Å². The second kappa shape index (κ2) is 9.71. The average Bonchev–Trinajstić information content (AvgIpc) is 2.61. The number of ether oxygens (including phenoxy) is 2. The van der Waals surface area contributed by atoms with Crippen molar-refractivity contribution in [3.8, 4) is 0 Å². The van der Waals surface area contributed by atoms with Crippen molar-refractivity contribution in [2.24, 2.45) is 11.8 Å². The highest BCUT2D eigenvalue weighted by molar-refractivity contribution is 6.74. The van der Waals surface area contributed by atoms with E-state index in [0.717, 1.165) is 12.8 Å². The molecule has 2 aliphatic rings. The number of rotatable bonds is 6. The van der Waals surface area contributed by atoms with Crippen LogP contribution in [0, 0.1) is 11.8 Å². The molecule has 0 aliphatic carbocycles. The van der Waals surface area contributed by atoms with Crippen molar-refractivity contribution in [3.05, 3.63) is 0 Å². The lowest BCUT2D eigenvalue weighted by Crippen LogP contribution is -2.65. The third-order valence-electron chi connectivity index (χ3n) is 8.92. The molecule has 32 heavy (non-hydrogen) atoms. The third kappa shape index (κ3) is 5.72. The first-order chi connectivity index (χ1) is 14.4. The molecule has 0 radical (unpaired) electrons. The van der Waals surface area contributed by atoms with E-state index >= 15 is 0 Å². The maximum Gasteiger partial charge on any atom is 0.192 e. The molecule has 1 spiro atoms. The minimum Gasteiger partial charge on any atom is -0.413 e. The Labute approximate surface area is 200 Å². The van der Waals surface area contributed by atoms with E-state index < -0.39 is 22.4 Å². The molecule has 0 bridgehead atoms. The van der Waals surface area contributed by atoms with Gasteiger partial charge >= 0.3 is 0 Å². The molecule has 2 saturated heterocycles. The molecular weight excluding hydrogens is 436 g/mol. The molecule has 1 N–H and O–H groups in total. The van der Waals surface area contributed by atoms with Gasteiger partial charge in [-0.2, -0.15) is 0 Å². The second-order valence-corrected chi connectivity index (χ2v) is 22.8. The Balaban J connectivity index is 2.36. The molecule has 190 valence electrons. The molecule has 2 aliphatic heterocycles. The summed E-state index contributed by atoms with van der Waals surface area (Å²) in [4.78, 5) is 0. The minimum atomic E-state index is -1.97. The van der Waals surface area contributed by atoms with Crippen LogP contribution in [0.4, 0.5) is 0 Å². The fourth-order valence-corrected chi connectivity index (χ4v) is 7.39. The largest absolute Gasteiger partial charge is 0.413 e. The molecular formula is C25H52O5Si2. The standard InChI is InChI=1S/C25H52O5Si2/c1-18-21(29-31(9,10)23(3,4)5)14-16-27-25(18)19(2)22(17-20(28-25)13-15-26)30-32(11,12)24(6,7)8/h18-22,26H,13-17H2,1-12H3/t18-,19+,20-,21+,22+,25+/m0/s1. The van der Waals surface area contributed by atoms with Crippen molar-refractivity contribution < 1.29 is 23.4 Å². The average molecular weight is 489 g/mol. The van der Waals surface area contributed by atoms with Crippen molar-refractivity contribution in [1.29, 1.82) is 0 Å². The van der Waals surface area contributed by atoms with E-state index in [0.29, 0.717) is 13.0 Å². The highest BCUT2D eigenvalue weighted by atomic mass is 28.4. The van der Waals surface area contributed by atoms with Crippen molar-refractivity contribution in [2.75, 3.05) is 13.2 Å². The highest BCUT2D eigenvalue weighted by Crippen LogP contribution is 2.50. The SMILES string of the molecule is C[C@@H]1[C@H](O[Si](C)(C)C(C)(C)C)C[C@H](CCO)O[C@@]12OCC[C@@H](O[Si](C)(C)C(C)(C)C)[C@@H]2C. The summed E-state index contributed by atoms with van der Waals surface area (Å²) in [5, 5.41) is 10.0. The fraction of sp³-hybridized carbons (Fsp3) is 1.00. The summed E-state index contributed by atoms with van der Waals surface area (Å²) in [6.07, 6.45) is 2.39. The van der Waals surface area contributed by atoms with Gasteiger partial charge in [-0.3, -0.25) is 0 Å². The molecule has 0 aromatic carbocycles. The van der Waals surface area contributed by atoms with Crippen LogP contribution in [0.2, 0.25) is 36.3 Å². The van der Waals surface area contributed by atoms with Crippen LogP contribution in [0.25, 0.3) is 0 Å². The van der Waals surface area contributed by atoms with E-state index in [1.807, 2.05) is 0 Å². The normalized spacial score (nSPS) is 35.3. The predicted octanol–water partition coefficient (Wildman–Crippen LogP) is 6.33. The summed E-state index contributed by atoms with van der Waals surface area (Å²) in [5.41, 5.74) is 0. The van der Waals surface area contributed by atoms with Gasteiger partial charge in [0.2, 0.25) is 0 Å². The lowest BCUT2D eigenvalue weighted by Gasteiger charge is -2.57. The van der Waals surface area contributed by atoms with Gasteiger partial charge in [-0.05, 0) is 55.5 Å². The van der Waals surface area contributed by atoms with Crippen LogP contribution in [0.1, 0.15) is 74.7 Å². The molecule has 0 amide bonds. The molecule has 5 nitrogen and oxygen atoms in total. The van der Waals surface area contributed by atoms with Crippen LogP contribution < -0.4 is 0 Å². The Hall–Kier alpha value is 0.234. The van der Waals surface area contributed by atoms with E-state index in [9.17, 15) is 5.11 Å². The van der Waals surface area contributed by atoms with Crippen molar-refractivity contribution in [1.82, 2.24) is 0 Å². The summed E-state index contributed by atoms with van der Waals surface area (Å²) in [6, 6.07) is 0. The first-order valence-corrected chi connectivity index (χ1v) is 18.5. The van der Waals surface area contributed by atoms with Crippen LogP contribution in [0.5, 0.6) is 0 Å². The number of aliphatic hydroxyl groups excluding tert-OH is 1. The van der Waals surface area contributed by atoms with E-state index in [2.05, 4.69) is 81.6 Å². The summed E-state index contributed by atoms with van der Waals surface area (Å²) in [7, 11) is -3.89. The molecule has 2 rings (SSSR count). The van der Waals surface area contributed by atoms with E-state index in [-0.39, 0.29) is 46.8 Å². The Morgan fingerprint density at radius 3 is 1.81 bits per heavy atom. The molecule has 0 unspecified atom stereocenters. The van der Waals surface area contributed by atoms with Crippen molar-refractivity contribution in [3.63, 3.8) is 0 Å². The van der Waals surface area contributed by atoms with Gasteiger partial charge < -0.3 is 23.4 Å². The Morgan fingerprint density at radius 2 is 1.34 bits per heavy atom. The maximum atomic E-state index is 9.71. The van der Waals surface area contributed by atoms with Crippen LogP contribution in [-0.2, 0) is 18.3 Å². The summed E-state index contributed by atoms with van der Waals surface area (Å²) in [6.45, 7) is 28.2. The van der Waals surface area contributed by atoms with Gasteiger partial charge in [0.05, 0.1) is 24.9 Å². The molecule has 2 heterocycles. The molecule has 7 heteroatoms. The monoisotopic (exact) mass is 488 g/mol. The third-order valence-corrected chi connectivity index (χ3v) is 17.9. The van der Waals surface area contributed by atoms with Gasteiger partial charge in [0.15, 0.2) is 22.4 Å². The minimum absolute atomic E-state index is 0.0512. The van der Waals surface area contributed by atoms with E-state index in [1.165, 1.54) is 0 Å². The topological polar surface area (TPSA) is 57.2 Å². The van der Waals surface area contributed by atoms with Crippen LogP contribution in [-0.4, -0.2) is 59.1 Å². The first-order valence-electron chi connectivity index (χ1n) is 12.7. The zero-order chi connectivity index (χ0) is 24.8. The van der Waals surface area contributed by atoms with Gasteiger partial charge in [-0.15, -0.1) is 0 Å². The predicted molar refractivity (Wildman–Crippen MR) is 137 cm³/mol. The summed E-state index contributed by atoms with van der Waals surface area (Å²) in [5.74, 6) is -0.559. The van der Waals surface area contributed by atoms with Crippen LogP contribution >= 0.6 is 0 Å². The van der Waals surface area contributed by atoms with Gasteiger partial charge in [0, 0.05) is 18.4 Å². The highest BCUT2D eigenvalue weighted by Gasteiger charge is 2.58. The first kappa shape index (κ1) is 28.5. The maximum absolute atomic E-state index is 9.71. The molecule has 0 saturated carbocycles. The Kier molecular flexibility index (Phi) is 8.64. The zero-order valence-corrected chi connectivity index (χ0v) is 25.0. The molecule has 0 aromatic heterocycles. The Morgan fingerprint density at radius 1 is 0.875 bits per heavy atom. The number of hydrogen-bond acceptors (Lipinski definition) is 5. The van der Waals surface area contributed by atoms with Gasteiger partial charge in [0.25, 0.3) is 0 Å². The number of hydrogen-bond donors (Lipinski definition) is 1.